The minimum absolute atomic E-state index is 0.262. The normalized spacial score (nSPS) is 10.5. The van der Waals surface area contributed by atoms with E-state index in [1.54, 1.807) is 6.07 Å². The van der Waals surface area contributed by atoms with E-state index in [-0.39, 0.29) is 5.82 Å². The molecule has 1 nitrogen and oxygen atoms in total. The van der Waals surface area contributed by atoms with Crippen molar-refractivity contribution in [1.82, 2.24) is 0 Å². The van der Waals surface area contributed by atoms with Crippen LogP contribution in [0.4, 0.5) is 4.39 Å². The maximum atomic E-state index is 13.6. The van der Waals surface area contributed by atoms with E-state index in [2.05, 4.69) is 15.9 Å². The molecule has 3 aromatic rings. The second kappa shape index (κ2) is 6.75. The van der Waals surface area contributed by atoms with Crippen LogP contribution in [-0.4, -0.2) is 0 Å². The first-order valence-corrected chi connectivity index (χ1v) is 7.74. The van der Waals surface area contributed by atoms with Crippen LogP contribution in [0.1, 0.15) is 5.56 Å². The van der Waals surface area contributed by atoms with Crippen LogP contribution in [0.15, 0.2) is 77.3 Å². The molecular weight excluding hydrogens is 343 g/mol. The number of hydrogen-bond acceptors (Lipinski definition) is 1. The summed E-state index contributed by atoms with van der Waals surface area (Å²) in [6.45, 7) is 0.535. The highest BCUT2D eigenvalue weighted by molar-refractivity contribution is 9.10. The molecule has 0 spiro atoms. The van der Waals surface area contributed by atoms with Crippen molar-refractivity contribution in [1.29, 1.82) is 0 Å². The second-order valence-electron chi connectivity index (χ2n) is 4.93. The van der Waals surface area contributed by atoms with E-state index >= 15 is 0 Å². The van der Waals surface area contributed by atoms with Gasteiger partial charge in [-0.2, -0.15) is 0 Å². The second-order valence-corrected chi connectivity index (χ2v) is 5.78. The van der Waals surface area contributed by atoms with Gasteiger partial charge in [0.1, 0.15) is 18.2 Å². The molecule has 3 rings (SSSR count). The highest BCUT2D eigenvalue weighted by Gasteiger charge is 2.03. The van der Waals surface area contributed by atoms with Gasteiger partial charge < -0.3 is 4.74 Å². The summed E-state index contributed by atoms with van der Waals surface area (Å²) in [5.41, 5.74) is 2.93. The zero-order valence-corrected chi connectivity index (χ0v) is 13.4. The Labute approximate surface area is 137 Å². The van der Waals surface area contributed by atoms with E-state index in [4.69, 9.17) is 4.74 Å². The van der Waals surface area contributed by atoms with E-state index in [1.807, 2.05) is 60.7 Å². The molecule has 0 saturated carbocycles. The molecule has 0 aromatic heterocycles. The Kier molecular flexibility index (Phi) is 4.54. The van der Waals surface area contributed by atoms with Gasteiger partial charge in [-0.05, 0) is 56.9 Å². The van der Waals surface area contributed by atoms with Crippen LogP contribution in [0.25, 0.3) is 11.1 Å². The first kappa shape index (κ1) is 14.8. The van der Waals surface area contributed by atoms with Crippen molar-refractivity contribution < 1.29 is 9.13 Å². The molecule has 3 aromatic carbocycles. The molecule has 0 fully saturated rings. The Balaban J connectivity index is 1.71. The van der Waals surface area contributed by atoms with Crippen LogP contribution >= 0.6 is 15.9 Å². The lowest BCUT2D eigenvalue weighted by molar-refractivity contribution is 0.306. The van der Waals surface area contributed by atoms with Gasteiger partial charge in [-0.25, -0.2) is 4.39 Å². The fourth-order valence-corrected chi connectivity index (χ4v) is 2.41. The summed E-state index contributed by atoms with van der Waals surface area (Å²) in [4.78, 5) is 0. The zero-order chi connectivity index (χ0) is 15.4. The van der Waals surface area contributed by atoms with Crippen molar-refractivity contribution in [3.63, 3.8) is 0 Å². The van der Waals surface area contributed by atoms with E-state index in [0.29, 0.717) is 11.1 Å². The van der Waals surface area contributed by atoms with Gasteiger partial charge in [0.15, 0.2) is 0 Å². The van der Waals surface area contributed by atoms with Gasteiger partial charge in [-0.3, -0.25) is 0 Å². The van der Waals surface area contributed by atoms with Crippen LogP contribution in [0.3, 0.4) is 0 Å². The molecule has 0 unspecified atom stereocenters. The molecule has 0 aliphatic carbocycles. The highest BCUT2D eigenvalue weighted by atomic mass is 79.9. The number of rotatable bonds is 4. The SMILES string of the molecule is Fc1cc(-c2ccc(OCc3ccccc3)cc2)ccc1Br. The average molecular weight is 357 g/mol. The molecule has 0 bridgehead atoms. The Morgan fingerprint density at radius 3 is 2.18 bits per heavy atom. The Bertz CT molecular complexity index is 754. The summed E-state index contributed by atoms with van der Waals surface area (Å²) in [6.07, 6.45) is 0. The maximum Gasteiger partial charge on any atom is 0.137 e. The summed E-state index contributed by atoms with van der Waals surface area (Å²) < 4.78 is 19.8. The van der Waals surface area contributed by atoms with Crippen LogP contribution in [0.2, 0.25) is 0 Å². The van der Waals surface area contributed by atoms with Crippen LogP contribution in [0, 0.1) is 5.82 Å². The molecular formula is C19H14BrFO. The third-order valence-electron chi connectivity index (χ3n) is 3.36. The molecule has 0 atom stereocenters. The van der Waals surface area contributed by atoms with E-state index in [0.717, 1.165) is 22.4 Å². The van der Waals surface area contributed by atoms with Gasteiger partial charge in [-0.1, -0.05) is 48.5 Å². The highest BCUT2D eigenvalue weighted by Crippen LogP contribution is 2.26. The standard InChI is InChI=1S/C19H14BrFO/c20-18-11-8-16(12-19(18)21)15-6-9-17(10-7-15)22-13-14-4-2-1-3-5-14/h1-12H,13H2. The van der Waals surface area contributed by atoms with Crippen molar-refractivity contribution in [3.05, 3.63) is 88.6 Å². The first-order valence-electron chi connectivity index (χ1n) is 6.94. The van der Waals surface area contributed by atoms with Crippen LogP contribution < -0.4 is 4.74 Å². The minimum Gasteiger partial charge on any atom is -0.489 e. The maximum absolute atomic E-state index is 13.6. The Morgan fingerprint density at radius 2 is 1.50 bits per heavy atom. The lowest BCUT2D eigenvalue weighted by atomic mass is 10.1. The molecule has 0 N–H and O–H groups in total. The number of hydrogen-bond donors (Lipinski definition) is 0. The largest absolute Gasteiger partial charge is 0.489 e. The Hall–Kier alpha value is -2.13. The lowest BCUT2D eigenvalue weighted by Crippen LogP contribution is -1.94. The molecule has 0 heterocycles. The predicted octanol–water partition coefficient (Wildman–Crippen LogP) is 5.83. The lowest BCUT2D eigenvalue weighted by Gasteiger charge is -2.08. The van der Waals surface area contributed by atoms with Gasteiger partial charge in [0.2, 0.25) is 0 Å². The molecule has 3 heteroatoms. The molecule has 0 amide bonds. The fraction of sp³-hybridized carbons (Fsp3) is 0.0526. The molecule has 0 radical (unpaired) electrons. The average Bonchev–Trinajstić information content (AvgIpc) is 2.57. The van der Waals surface area contributed by atoms with Gasteiger partial charge >= 0.3 is 0 Å². The van der Waals surface area contributed by atoms with Crippen LogP contribution in [0.5, 0.6) is 5.75 Å². The van der Waals surface area contributed by atoms with Gasteiger partial charge in [0.25, 0.3) is 0 Å². The van der Waals surface area contributed by atoms with Crippen molar-refractivity contribution in [2.75, 3.05) is 0 Å². The quantitative estimate of drug-likeness (QED) is 0.570. The molecule has 22 heavy (non-hydrogen) atoms. The van der Waals surface area contributed by atoms with Crippen molar-refractivity contribution in [3.8, 4) is 16.9 Å². The van der Waals surface area contributed by atoms with Gasteiger partial charge in [0, 0.05) is 0 Å². The predicted molar refractivity (Wildman–Crippen MR) is 90.3 cm³/mol. The van der Waals surface area contributed by atoms with Crippen molar-refractivity contribution >= 4 is 15.9 Å². The topological polar surface area (TPSA) is 9.23 Å². The zero-order valence-electron chi connectivity index (χ0n) is 11.8. The molecule has 0 aliphatic rings. The molecule has 0 aliphatic heterocycles. The summed E-state index contributed by atoms with van der Waals surface area (Å²) in [6, 6.07) is 22.8. The monoisotopic (exact) mass is 356 g/mol. The number of ether oxygens (including phenoxy) is 1. The smallest absolute Gasteiger partial charge is 0.137 e. The summed E-state index contributed by atoms with van der Waals surface area (Å²) >= 11 is 3.16. The number of benzene rings is 3. The molecule has 110 valence electrons. The minimum atomic E-state index is -0.262. The third-order valence-corrected chi connectivity index (χ3v) is 4.00. The number of halogens is 2. The summed E-state index contributed by atoms with van der Waals surface area (Å²) in [5.74, 6) is 0.534. The van der Waals surface area contributed by atoms with E-state index < -0.39 is 0 Å². The van der Waals surface area contributed by atoms with Crippen LogP contribution in [-0.2, 0) is 6.61 Å². The van der Waals surface area contributed by atoms with Crippen molar-refractivity contribution in [2.45, 2.75) is 6.61 Å². The van der Waals surface area contributed by atoms with Gasteiger partial charge in [0.05, 0.1) is 4.47 Å². The first-order chi connectivity index (χ1) is 10.7. The molecule has 0 saturated heterocycles. The summed E-state index contributed by atoms with van der Waals surface area (Å²) in [5, 5.41) is 0. The van der Waals surface area contributed by atoms with E-state index in [9.17, 15) is 4.39 Å². The third kappa shape index (κ3) is 3.55. The fourth-order valence-electron chi connectivity index (χ4n) is 2.16. The Morgan fingerprint density at radius 1 is 0.818 bits per heavy atom. The van der Waals surface area contributed by atoms with Crippen molar-refractivity contribution in [2.24, 2.45) is 0 Å². The van der Waals surface area contributed by atoms with Gasteiger partial charge in [-0.15, -0.1) is 0 Å². The summed E-state index contributed by atoms with van der Waals surface area (Å²) in [7, 11) is 0. The van der Waals surface area contributed by atoms with E-state index in [1.165, 1.54) is 6.07 Å².